The Kier molecular flexibility index (Phi) is 15.6. The minimum atomic E-state index is -2.42. The van der Waals surface area contributed by atoms with Crippen LogP contribution in [0.5, 0.6) is 0 Å². The Morgan fingerprint density at radius 3 is 1.55 bits per heavy atom. The summed E-state index contributed by atoms with van der Waals surface area (Å²) in [6.07, 6.45) is 4.82. The van der Waals surface area contributed by atoms with Crippen molar-refractivity contribution < 1.29 is 26.2 Å². The Balaban J connectivity index is 0.000000421. The largest absolute Gasteiger partial charge is 2.00 e. The summed E-state index contributed by atoms with van der Waals surface area (Å²) in [5.74, 6) is 0.359. The van der Waals surface area contributed by atoms with Gasteiger partial charge in [0.05, 0.1) is 0 Å². The summed E-state index contributed by atoms with van der Waals surface area (Å²) in [4.78, 5) is 0. The zero-order chi connectivity index (χ0) is 30.6. The molecule has 0 bridgehead atoms. The van der Waals surface area contributed by atoms with Crippen LogP contribution in [0.15, 0.2) is 114 Å². The van der Waals surface area contributed by atoms with Crippen LogP contribution in [-0.4, -0.2) is 45.9 Å². The normalized spacial score (nSPS) is 15.9. The average Bonchev–Trinajstić information content (AvgIpc) is 3.55. The van der Waals surface area contributed by atoms with Crippen molar-refractivity contribution in [2.45, 2.75) is 51.4 Å². The molecule has 0 spiro atoms. The fourth-order valence-electron chi connectivity index (χ4n) is 6.29. The maximum absolute atomic E-state index is 3.97. The zero-order valence-electron chi connectivity index (χ0n) is 27.3. The summed E-state index contributed by atoms with van der Waals surface area (Å²) >= 11 is -2.42. The Hall–Kier alpha value is -2.04. The minimum absolute atomic E-state index is 0. The third-order valence-electron chi connectivity index (χ3n) is 8.12. The first-order chi connectivity index (χ1) is 21.0. The molecule has 0 amide bonds. The van der Waals surface area contributed by atoms with E-state index < -0.39 is 19.8 Å². The van der Waals surface area contributed by atoms with Crippen molar-refractivity contribution in [2.24, 2.45) is 0 Å². The van der Waals surface area contributed by atoms with E-state index in [9.17, 15) is 0 Å². The van der Waals surface area contributed by atoms with Gasteiger partial charge in [-0.15, -0.1) is 0 Å². The first-order valence-corrected chi connectivity index (χ1v) is 20.4. The van der Waals surface area contributed by atoms with Crippen molar-refractivity contribution in [3.05, 3.63) is 153 Å². The van der Waals surface area contributed by atoms with E-state index in [1.165, 1.54) is 39.0 Å². The van der Waals surface area contributed by atoms with Gasteiger partial charge in [0.25, 0.3) is 0 Å². The second-order valence-corrected chi connectivity index (χ2v) is 18.2. The summed E-state index contributed by atoms with van der Waals surface area (Å²) < 4.78 is 3.75. The molecule has 2 unspecified atom stereocenters. The molecule has 0 saturated carbocycles. The molecule has 2 atom stereocenters. The van der Waals surface area contributed by atoms with Gasteiger partial charge in [-0.05, 0) is 0 Å². The van der Waals surface area contributed by atoms with Gasteiger partial charge >= 0.3 is 231 Å². The third-order valence-corrected chi connectivity index (χ3v) is 17.6. The van der Waals surface area contributed by atoms with E-state index >= 15 is 0 Å². The molecule has 0 saturated heterocycles. The number of nitrogens with zero attached hydrogens (tertiary/aromatic N) is 2. The fraction of sp³-hybridized carbons (Fsp3) is 0.300. The van der Waals surface area contributed by atoms with E-state index in [1.54, 1.807) is 7.16 Å². The van der Waals surface area contributed by atoms with Gasteiger partial charge in [-0.3, -0.25) is 0 Å². The van der Waals surface area contributed by atoms with Gasteiger partial charge in [0.15, 0.2) is 0 Å². The molecule has 0 fully saturated rings. The molecular weight excluding hydrogens is 718 g/mol. The Bertz CT molecular complexity index is 1500. The number of fused-ring (bicyclic) bond motifs is 2. The summed E-state index contributed by atoms with van der Waals surface area (Å²) in [5.41, 5.74) is 10.3. The van der Waals surface area contributed by atoms with Crippen molar-refractivity contribution in [1.82, 2.24) is 0 Å². The Morgan fingerprint density at radius 1 is 0.523 bits per heavy atom. The molecule has 4 heteroatoms. The second-order valence-electron chi connectivity index (χ2n) is 11.0. The van der Waals surface area contributed by atoms with Crippen LogP contribution in [-0.2, 0) is 26.2 Å². The van der Waals surface area contributed by atoms with Gasteiger partial charge in [-0.25, -0.2) is 0 Å². The predicted octanol–water partition coefficient (Wildman–Crippen LogP) is 9.38. The number of allylic oxidation sites excluding steroid dienone is 2. The van der Waals surface area contributed by atoms with Crippen molar-refractivity contribution in [1.29, 1.82) is 0 Å². The van der Waals surface area contributed by atoms with Crippen LogP contribution in [0.25, 0.3) is 22.8 Å². The molecule has 4 aromatic rings. The molecule has 0 aliphatic heterocycles. The zero-order valence-corrected chi connectivity index (χ0v) is 32.7. The minimum Gasteiger partial charge on any atom is -0.663 e. The number of hydrogen-bond acceptors (Lipinski definition) is 0. The smallest absolute Gasteiger partial charge is 0.663 e. The van der Waals surface area contributed by atoms with Crippen LogP contribution in [0, 0.1) is 0 Å². The number of benzene rings is 4. The van der Waals surface area contributed by atoms with E-state index in [-0.39, 0.29) is 26.2 Å². The van der Waals surface area contributed by atoms with Crippen molar-refractivity contribution in [3.63, 3.8) is 0 Å². The average molecular weight is 766 g/mol. The van der Waals surface area contributed by atoms with Crippen LogP contribution in [0.2, 0.25) is 0 Å². The van der Waals surface area contributed by atoms with Crippen LogP contribution in [0.3, 0.4) is 0 Å². The first-order valence-electron chi connectivity index (χ1n) is 15.9. The molecule has 0 heterocycles. The molecule has 2 nitrogen and oxygen atoms in total. The van der Waals surface area contributed by atoms with Crippen molar-refractivity contribution in [2.75, 3.05) is 26.2 Å². The Morgan fingerprint density at radius 2 is 0.977 bits per heavy atom. The van der Waals surface area contributed by atoms with Gasteiger partial charge < -0.3 is 10.6 Å². The van der Waals surface area contributed by atoms with E-state index in [0.29, 0.717) is 9.85 Å². The monoisotopic (exact) mass is 765 g/mol. The molecular formula is C40H47N2SnZr. The standard InChI is InChI=1S/C16H13.C10H9.C6H5.2C4H10N.Sn.Zr/c1-12-11-14-9-5-6-10-15(14)16(12)13-7-3-2-4-8-13;1-8-6-9-4-2-3-5-10(9)7-8;1-2-4-6-5-3-1;2*1-3-5-4-2;;/h2-7,9-11,16H,1H3;2-7H,1H3;1-5H;2*3-4H2,1-2H3;;/q;;;2*-1;;+2. The third kappa shape index (κ3) is 8.81. The van der Waals surface area contributed by atoms with Crippen LogP contribution >= 0.6 is 0 Å². The molecule has 0 aromatic heterocycles. The van der Waals surface area contributed by atoms with Gasteiger partial charge in [-0.2, -0.15) is 26.2 Å². The maximum Gasteiger partial charge on any atom is 2.00 e. The molecule has 2 aliphatic rings. The van der Waals surface area contributed by atoms with Gasteiger partial charge in [0.2, 0.25) is 0 Å². The van der Waals surface area contributed by atoms with Crippen molar-refractivity contribution >= 4 is 39.1 Å². The fourth-order valence-corrected chi connectivity index (χ4v) is 16.1. The van der Waals surface area contributed by atoms with Crippen LogP contribution in [0.1, 0.15) is 79.2 Å². The SMILES string of the molecule is CC1=Cc2ccccc2C1c1cccc[c]1[Sn]([c]1ccccc1)[CH]1C(C)=Cc2ccccc21.CC[N-]CC.CC[N-]CC.[Zr+2]. The van der Waals surface area contributed by atoms with Gasteiger partial charge in [-0.1, -0.05) is 27.7 Å². The van der Waals surface area contributed by atoms with Gasteiger partial charge in [0, 0.05) is 0 Å². The van der Waals surface area contributed by atoms with Crippen LogP contribution < -0.4 is 7.16 Å². The predicted molar refractivity (Wildman–Crippen MR) is 192 cm³/mol. The van der Waals surface area contributed by atoms with E-state index in [0.717, 1.165) is 26.2 Å². The first kappa shape index (κ1) is 36.4. The van der Waals surface area contributed by atoms with Gasteiger partial charge in [0.1, 0.15) is 0 Å². The topological polar surface area (TPSA) is 28.2 Å². The quantitative estimate of drug-likeness (QED) is 0.160. The number of hydrogen-bond donors (Lipinski definition) is 0. The van der Waals surface area contributed by atoms with E-state index in [1.807, 2.05) is 27.7 Å². The summed E-state index contributed by atoms with van der Waals surface area (Å²) in [5, 5.41) is 7.94. The van der Waals surface area contributed by atoms with Crippen molar-refractivity contribution in [3.8, 4) is 0 Å². The molecule has 1 radical (unpaired) electrons. The molecule has 4 aromatic carbocycles. The second kappa shape index (κ2) is 18.8. The Labute approximate surface area is 293 Å². The molecule has 225 valence electrons. The molecule has 0 N–H and O–H groups in total. The van der Waals surface area contributed by atoms with Crippen LogP contribution in [0.4, 0.5) is 0 Å². The summed E-state index contributed by atoms with van der Waals surface area (Å²) in [6.45, 7) is 16.7. The van der Waals surface area contributed by atoms with E-state index in [4.69, 9.17) is 0 Å². The summed E-state index contributed by atoms with van der Waals surface area (Å²) in [6, 6.07) is 38.8. The summed E-state index contributed by atoms with van der Waals surface area (Å²) in [7, 11) is 0. The molecule has 6 rings (SSSR count). The number of rotatable bonds is 8. The maximum atomic E-state index is 3.97. The molecule has 2 aliphatic carbocycles. The van der Waals surface area contributed by atoms with E-state index in [2.05, 4.69) is 140 Å². The molecule has 44 heavy (non-hydrogen) atoms.